The number of nitrogens with one attached hydrogen (secondary N) is 2. The number of anilines is 1. The third-order valence-corrected chi connectivity index (χ3v) is 7.60. The van der Waals surface area contributed by atoms with Gasteiger partial charge in [0, 0.05) is 17.8 Å². The Bertz CT molecular complexity index is 1230. The number of nitro benzene ring substituents is 1. The van der Waals surface area contributed by atoms with Gasteiger partial charge in [0.05, 0.1) is 14.7 Å². The number of benzene rings is 2. The second kappa shape index (κ2) is 8.28. The highest BCUT2D eigenvalue weighted by Crippen LogP contribution is 2.35. The summed E-state index contributed by atoms with van der Waals surface area (Å²) in [5.74, 6) is -0.996. The van der Waals surface area contributed by atoms with Crippen molar-refractivity contribution in [3.05, 3.63) is 58.6 Å². The molecule has 0 atom stereocenters. The predicted molar refractivity (Wildman–Crippen MR) is 115 cm³/mol. The molecule has 4 rings (SSSR count). The van der Waals surface area contributed by atoms with E-state index in [2.05, 4.69) is 10.6 Å². The van der Waals surface area contributed by atoms with Crippen LogP contribution >= 0.6 is 0 Å². The lowest BCUT2D eigenvalue weighted by atomic mass is 9.98. The van der Waals surface area contributed by atoms with Gasteiger partial charge in [-0.3, -0.25) is 24.6 Å². The average molecular weight is 472 g/mol. The normalized spacial score (nSPS) is 17.3. The van der Waals surface area contributed by atoms with Crippen LogP contribution in [0.4, 0.5) is 16.2 Å². The number of imide groups is 1. The van der Waals surface area contributed by atoms with Crippen molar-refractivity contribution in [1.29, 1.82) is 0 Å². The summed E-state index contributed by atoms with van der Waals surface area (Å²) in [6.07, 6.45) is 2.78. The van der Waals surface area contributed by atoms with Crippen LogP contribution in [0.3, 0.4) is 0 Å². The van der Waals surface area contributed by atoms with Crippen molar-refractivity contribution in [2.75, 3.05) is 11.9 Å². The molecule has 1 saturated carbocycles. The lowest BCUT2D eigenvalue weighted by molar-refractivity contribution is -0.384. The van der Waals surface area contributed by atoms with Crippen LogP contribution in [0, 0.1) is 10.1 Å². The maximum absolute atomic E-state index is 12.7. The van der Waals surface area contributed by atoms with Crippen molar-refractivity contribution >= 4 is 39.1 Å². The Kier molecular flexibility index (Phi) is 5.62. The standard InChI is InChI=1S/C21H20N4O7S/c26-18(13-24-19(27)21(23-20(24)28)11-1-2-12-21)22-14-3-7-16(8-4-14)33(31,32)17-9-5-15(6-10-17)25(29)30/h3-10H,1-2,11-13H2,(H,22,26)(H,23,28). The SMILES string of the molecule is O=C(CN1C(=O)NC2(CCCC2)C1=O)Nc1ccc(S(=O)(=O)c2ccc([N+](=O)[O-])cc2)cc1. The highest BCUT2D eigenvalue weighted by molar-refractivity contribution is 7.91. The highest BCUT2D eigenvalue weighted by atomic mass is 32.2. The van der Waals surface area contributed by atoms with E-state index in [9.17, 15) is 32.9 Å². The number of hydrogen-bond donors (Lipinski definition) is 2. The fourth-order valence-corrected chi connectivity index (χ4v) is 5.34. The molecule has 0 radical (unpaired) electrons. The van der Waals surface area contributed by atoms with E-state index in [0.29, 0.717) is 12.8 Å². The monoisotopic (exact) mass is 472 g/mol. The third-order valence-electron chi connectivity index (χ3n) is 5.81. The lowest BCUT2D eigenvalue weighted by Crippen LogP contribution is -2.44. The van der Waals surface area contributed by atoms with Gasteiger partial charge in [-0.05, 0) is 49.2 Å². The summed E-state index contributed by atoms with van der Waals surface area (Å²) in [6, 6.07) is 9.24. The summed E-state index contributed by atoms with van der Waals surface area (Å²) in [5.41, 5.74) is -0.841. The molecule has 172 valence electrons. The topological polar surface area (TPSA) is 156 Å². The molecule has 1 aliphatic heterocycles. The van der Waals surface area contributed by atoms with E-state index < -0.39 is 44.7 Å². The van der Waals surface area contributed by atoms with Gasteiger partial charge < -0.3 is 10.6 Å². The molecule has 4 amide bonds. The molecular weight excluding hydrogens is 452 g/mol. The fourth-order valence-electron chi connectivity index (χ4n) is 4.08. The summed E-state index contributed by atoms with van der Waals surface area (Å²) in [4.78, 5) is 48.1. The molecule has 1 heterocycles. The Labute approximate surface area is 188 Å². The molecule has 2 aromatic rings. The molecule has 11 nitrogen and oxygen atoms in total. The minimum atomic E-state index is -3.91. The minimum Gasteiger partial charge on any atom is -0.325 e. The van der Waals surface area contributed by atoms with Crippen molar-refractivity contribution in [2.45, 2.75) is 41.0 Å². The quantitative estimate of drug-likeness (QED) is 0.371. The molecule has 2 fully saturated rings. The number of rotatable bonds is 6. The molecular formula is C21H20N4O7S. The Hall–Kier alpha value is -3.80. The third kappa shape index (κ3) is 4.16. The van der Waals surface area contributed by atoms with Crippen molar-refractivity contribution < 1.29 is 27.7 Å². The van der Waals surface area contributed by atoms with Crippen LogP contribution < -0.4 is 10.6 Å². The van der Waals surface area contributed by atoms with Gasteiger partial charge in [-0.1, -0.05) is 12.8 Å². The van der Waals surface area contributed by atoms with E-state index in [0.717, 1.165) is 42.0 Å². The second-order valence-electron chi connectivity index (χ2n) is 7.94. The maximum atomic E-state index is 12.7. The summed E-state index contributed by atoms with van der Waals surface area (Å²) < 4.78 is 25.5. The van der Waals surface area contributed by atoms with Gasteiger partial charge in [0.25, 0.3) is 11.6 Å². The summed E-state index contributed by atoms with van der Waals surface area (Å²) >= 11 is 0. The average Bonchev–Trinajstić information content (AvgIpc) is 3.34. The first-order chi connectivity index (χ1) is 15.6. The zero-order chi connectivity index (χ0) is 23.8. The van der Waals surface area contributed by atoms with Gasteiger partial charge in [0.15, 0.2) is 0 Å². The number of hydrogen-bond acceptors (Lipinski definition) is 7. The molecule has 0 bridgehead atoms. The van der Waals surface area contributed by atoms with Crippen LogP contribution in [0.2, 0.25) is 0 Å². The fraction of sp³-hybridized carbons (Fsp3) is 0.286. The Balaban J connectivity index is 1.42. The molecule has 1 saturated heterocycles. The zero-order valence-corrected chi connectivity index (χ0v) is 18.1. The van der Waals surface area contributed by atoms with E-state index in [-0.39, 0.29) is 21.2 Å². The van der Waals surface area contributed by atoms with E-state index in [1.807, 2.05) is 0 Å². The number of carbonyl (C=O) groups is 3. The van der Waals surface area contributed by atoms with Gasteiger partial charge in [-0.2, -0.15) is 0 Å². The number of carbonyl (C=O) groups excluding carboxylic acids is 3. The second-order valence-corrected chi connectivity index (χ2v) is 9.89. The number of nitro groups is 1. The Morgan fingerprint density at radius 2 is 1.58 bits per heavy atom. The van der Waals surface area contributed by atoms with Crippen LogP contribution in [0.5, 0.6) is 0 Å². The number of non-ortho nitro benzene ring substituents is 1. The van der Waals surface area contributed by atoms with E-state index in [4.69, 9.17) is 0 Å². The first kappa shape index (κ1) is 22.4. The Morgan fingerprint density at radius 1 is 1.03 bits per heavy atom. The van der Waals surface area contributed by atoms with Crippen LogP contribution in [-0.2, 0) is 19.4 Å². The number of nitrogens with zero attached hydrogens (tertiary/aromatic N) is 2. The van der Waals surface area contributed by atoms with Gasteiger partial charge in [0.1, 0.15) is 12.1 Å². The van der Waals surface area contributed by atoms with Gasteiger partial charge in [0.2, 0.25) is 15.7 Å². The van der Waals surface area contributed by atoms with E-state index >= 15 is 0 Å². The van der Waals surface area contributed by atoms with Crippen molar-refractivity contribution in [3.8, 4) is 0 Å². The Morgan fingerprint density at radius 3 is 2.12 bits per heavy atom. The van der Waals surface area contributed by atoms with Crippen LogP contribution in [0.15, 0.2) is 58.3 Å². The van der Waals surface area contributed by atoms with Crippen LogP contribution in [0.1, 0.15) is 25.7 Å². The summed E-state index contributed by atoms with van der Waals surface area (Å²) in [6.45, 7) is -0.449. The summed E-state index contributed by atoms with van der Waals surface area (Å²) in [7, 11) is -3.91. The first-order valence-electron chi connectivity index (χ1n) is 10.2. The van der Waals surface area contributed by atoms with Crippen molar-refractivity contribution in [2.24, 2.45) is 0 Å². The molecule has 2 N–H and O–H groups in total. The minimum absolute atomic E-state index is 0.0633. The van der Waals surface area contributed by atoms with Crippen molar-refractivity contribution in [3.63, 3.8) is 0 Å². The van der Waals surface area contributed by atoms with Gasteiger partial charge >= 0.3 is 6.03 Å². The molecule has 0 aromatic heterocycles. The number of sulfone groups is 1. The number of amides is 4. The maximum Gasteiger partial charge on any atom is 0.325 e. The lowest BCUT2D eigenvalue weighted by Gasteiger charge is -2.19. The zero-order valence-electron chi connectivity index (χ0n) is 17.3. The largest absolute Gasteiger partial charge is 0.325 e. The van der Waals surface area contributed by atoms with Gasteiger partial charge in [-0.15, -0.1) is 0 Å². The smallest absolute Gasteiger partial charge is 0.325 e. The molecule has 2 aromatic carbocycles. The molecule has 1 spiro atoms. The molecule has 33 heavy (non-hydrogen) atoms. The molecule has 0 unspecified atom stereocenters. The van der Waals surface area contributed by atoms with E-state index in [1.165, 1.54) is 24.3 Å². The van der Waals surface area contributed by atoms with Crippen LogP contribution in [-0.4, -0.2) is 48.2 Å². The first-order valence-corrected chi connectivity index (χ1v) is 11.6. The number of urea groups is 1. The van der Waals surface area contributed by atoms with Crippen LogP contribution in [0.25, 0.3) is 0 Å². The predicted octanol–water partition coefficient (Wildman–Crippen LogP) is 2.23. The van der Waals surface area contributed by atoms with E-state index in [1.54, 1.807) is 0 Å². The summed E-state index contributed by atoms with van der Waals surface area (Å²) in [5, 5.41) is 16.0. The van der Waals surface area contributed by atoms with Crippen molar-refractivity contribution in [1.82, 2.24) is 10.2 Å². The molecule has 2 aliphatic rings. The van der Waals surface area contributed by atoms with Gasteiger partial charge in [-0.25, -0.2) is 13.2 Å². The molecule has 1 aliphatic carbocycles. The highest BCUT2D eigenvalue weighted by Gasteiger charge is 2.52. The molecule has 12 heteroatoms.